The van der Waals surface area contributed by atoms with Crippen LogP contribution in [0.5, 0.6) is 5.75 Å². The number of ether oxygens (including phenoxy) is 1. The van der Waals surface area contributed by atoms with E-state index in [9.17, 15) is 4.79 Å². The average molecular weight is 438 g/mol. The molecule has 1 unspecified atom stereocenters. The Morgan fingerprint density at radius 1 is 1.55 bits per heavy atom. The van der Waals surface area contributed by atoms with Crippen molar-refractivity contribution >= 4 is 27.5 Å². The summed E-state index contributed by atoms with van der Waals surface area (Å²) < 4.78 is 5.53. The van der Waals surface area contributed by atoms with Crippen molar-refractivity contribution in [3.8, 4) is 5.75 Å². The number of rotatable bonds is 5. The van der Waals surface area contributed by atoms with Gasteiger partial charge in [0.25, 0.3) is 0 Å². The Hall–Kier alpha value is -0.446. The van der Waals surface area contributed by atoms with E-state index < -0.39 is 0 Å². The zero-order valence-electron chi connectivity index (χ0n) is 12.9. The Labute approximate surface area is 165 Å². The molecule has 0 saturated carbocycles. The van der Waals surface area contributed by atoms with E-state index in [4.69, 9.17) is 4.74 Å². The molecule has 3 nitrogen and oxygen atoms in total. The molecule has 0 bridgehead atoms. The molecule has 5 heteroatoms. The van der Waals surface area contributed by atoms with Gasteiger partial charge in [0.2, 0.25) is 5.91 Å². The fourth-order valence-corrected chi connectivity index (χ4v) is 2.76. The number of hydrogen-bond acceptors (Lipinski definition) is 2. The second-order valence-corrected chi connectivity index (χ2v) is 5.96. The van der Waals surface area contributed by atoms with Crippen LogP contribution in [0.15, 0.2) is 30.9 Å². The first kappa shape index (κ1) is 19.6. The minimum atomic E-state index is -0.170. The van der Waals surface area contributed by atoms with Gasteiger partial charge in [-0.2, -0.15) is 0 Å². The molecule has 1 aliphatic heterocycles. The van der Waals surface area contributed by atoms with Gasteiger partial charge in [0.1, 0.15) is 12.4 Å². The summed E-state index contributed by atoms with van der Waals surface area (Å²) in [6.07, 6.45) is 5.65. The quantitative estimate of drug-likeness (QED) is 0.399. The summed E-state index contributed by atoms with van der Waals surface area (Å²) in [4.78, 5) is 13.8. The first-order valence-corrected chi connectivity index (χ1v) is 7.91. The van der Waals surface area contributed by atoms with E-state index >= 15 is 0 Å². The molecule has 1 heterocycles. The van der Waals surface area contributed by atoms with Crippen LogP contribution in [0.3, 0.4) is 0 Å². The standard InChI is InChI=1S/C17H19BrNO2.Y/c1-4-10-21-13-6-7-14(12(3)11-13)16-9-8-15(18)17(20)19(16)5-2;/h4,6-7,11,15H,1,5,8,10H2,2-3H3;/q-1;. The summed E-state index contributed by atoms with van der Waals surface area (Å²) in [5.74, 6) is 0.901. The number of allylic oxidation sites excluding steroid dienone is 1. The fourth-order valence-electron chi connectivity index (χ4n) is 2.35. The summed E-state index contributed by atoms with van der Waals surface area (Å²) in [6.45, 7) is 8.75. The van der Waals surface area contributed by atoms with Gasteiger partial charge in [0.15, 0.2) is 0 Å². The molecular formula is C17H19BrNO2Y-. The molecule has 0 aliphatic carbocycles. The first-order valence-electron chi connectivity index (χ1n) is 6.99. The van der Waals surface area contributed by atoms with Crippen LogP contribution in [0, 0.1) is 13.0 Å². The molecule has 0 aromatic heterocycles. The Morgan fingerprint density at radius 3 is 2.86 bits per heavy atom. The van der Waals surface area contributed by atoms with Crippen LogP contribution in [-0.4, -0.2) is 28.8 Å². The van der Waals surface area contributed by atoms with Crippen LogP contribution in [-0.2, 0) is 37.5 Å². The molecule has 1 amide bonds. The van der Waals surface area contributed by atoms with Crippen molar-refractivity contribution in [1.82, 2.24) is 4.90 Å². The number of benzene rings is 1. The van der Waals surface area contributed by atoms with Gasteiger partial charge in [-0.3, -0.25) is 4.79 Å². The fraction of sp³-hybridized carbons (Fsp3) is 0.353. The maximum Gasteiger partial charge on any atom is 0.236 e. The van der Waals surface area contributed by atoms with Crippen molar-refractivity contribution in [3.63, 3.8) is 0 Å². The zero-order chi connectivity index (χ0) is 15.4. The normalized spacial score (nSPS) is 17.6. The number of hydrogen-bond donors (Lipinski definition) is 0. The number of aryl methyl sites for hydroxylation is 1. The summed E-state index contributed by atoms with van der Waals surface area (Å²) >= 11 is 3.40. The van der Waals surface area contributed by atoms with Crippen molar-refractivity contribution in [2.75, 3.05) is 13.2 Å². The van der Waals surface area contributed by atoms with Gasteiger partial charge in [0, 0.05) is 39.3 Å². The first-order chi connectivity index (χ1) is 10.1. The molecular weight excluding hydrogens is 419 g/mol. The van der Waals surface area contributed by atoms with E-state index in [1.807, 2.05) is 32.0 Å². The Kier molecular flexibility index (Phi) is 8.02. The number of alkyl halides is 1. The average Bonchev–Trinajstić information content (AvgIpc) is 2.48. The second-order valence-electron chi connectivity index (χ2n) is 4.86. The Balaban J connectivity index is 0.00000242. The third kappa shape index (κ3) is 4.30. The van der Waals surface area contributed by atoms with Crippen molar-refractivity contribution in [1.29, 1.82) is 0 Å². The SMILES string of the molecule is C=CCOc1ccc(C2=[C-]CC(Br)C(=O)N2CC)c(C)c1.[Y]. The molecule has 0 spiro atoms. The van der Waals surface area contributed by atoms with Crippen molar-refractivity contribution in [2.45, 2.75) is 25.1 Å². The number of carbonyl (C=O) groups excluding carboxylic acids is 1. The van der Waals surface area contributed by atoms with Gasteiger partial charge in [0.05, 0.1) is 4.83 Å². The van der Waals surface area contributed by atoms with Crippen molar-refractivity contribution < 1.29 is 42.2 Å². The predicted molar refractivity (Wildman–Crippen MR) is 88.2 cm³/mol. The minimum absolute atomic E-state index is 0. The van der Waals surface area contributed by atoms with Gasteiger partial charge < -0.3 is 9.64 Å². The number of amides is 1. The van der Waals surface area contributed by atoms with Crippen LogP contribution in [0.1, 0.15) is 24.5 Å². The van der Waals surface area contributed by atoms with E-state index in [1.165, 1.54) is 0 Å². The van der Waals surface area contributed by atoms with Crippen molar-refractivity contribution in [2.24, 2.45) is 0 Å². The van der Waals surface area contributed by atoms with E-state index in [0.29, 0.717) is 19.6 Å². The third-order valence-electron chi connectivity index (χ3n) is 3.39. The molecule has 0 saturated heterocycles. The van der Waals surface area contributed by atoms with Crippen molar-refractivity contribution in [3.05, 3.63) is 48.1 Å². The molecule has 2 rings (SSSR count). The van der Waals surface area contributed by atoms with E-state index in [1.54, 1.807) is 11.0 Å². The Morgan fingerprint density at radius 2 is 2.27 bits per heavy atom. The van der Waals surface area contributed by atoms with Crippen LogP contribution in [0.2, 0.25) is 0 Å². The van der Waals surface area contributed by atoms with Gasteiger partial charge in [-0.1, -0.05) is 41.9 Å². The van der Waals surface area contributed by atoms with E-state index in [2.05, 4.69) is 28.6 Å². The summed E-state index contributed by atoms with van der Waals surface area (Å²) in [5.41, 5.74) is 2.96. The molecule has 0 N–H and O–H groups in total. The van der Waals surface area contributed by atoms with E-state index in [-0.39, 0.29) is 43.4 Å². The maximum absolute atomic E-state index is 12.2. The molecule has 22 heavy (non-hydrogen) atoms. The summed E-state index contributed by atoms with van der Waals surface area (Å²) in [7, 11) is 0. The second kappa shape index (κ2) is 9.00. The third-order valence-corrected chi connectivity index (χ3v) is 4.11. The van der Waals surface area contributed by atoms with Crippen LogP contribution < -0.4 is 4.74 Å². The largest absolute Gasteiger partial charge is 0.490 e. The van der Waals surface area contributed by atoms with E-state index in [0.717, 1.165) is 22.6 Å². The van der Waals surface area contributed by atoms with Crippen LogP contribution >= 0.6 is 15.9 Å². The van der Waals surface area contributed by atoms with Crippen LogP contribution in [0.25, 0.3) is 5.70 Å². The summed E-state index contributed by atoms with van der Waals surface area (Å²) in [5, 5.41) is 0. The molecule has 115 valence electrons. The van der Waals surface area contributed by atoms with Gasteiger partial charge >= 0.3 is 0 Å². The topological polar surface area (TPSA) is 29.5 Å². The molecule has 1 aliphatic rings. The monoisotopic (exact) mass is 437 g/mol. The van der Waals surface area contributed by atoms with Gasteiger partial charge in [-0.05, 0) is 19.1 Å². The predicted octanol–water partition coefficient (Wildman–Crippen LogP) is 3.72. The minimum Gasteiger partial charge on any atom is -0.490 e. The number of halogens is 1. The number of carbonyl (C=O) groups is 1. The molecule has 1 radical (unpaired) electrons. The molecule has 1 aromatic rings. The van der Waals surface area contributed by atoms with Gasteiger partial charge in [-0.25, -0.2) is 6.08 Å². The Bertz CT molecular complexity index is 586. The van der Waals surface area contributed by atoms with Gasteiger partial charge in [-0.15, -0.1) is 22.9 Å². The van der Waals surface area contributed by atoms with Crippen LogP contribution in [0.4, 0.5) is 0 Å². The molecule has 0 fully saturated rings. The zero-order valence-corrected chi connectivity index (χ0v) is 17.4. The molecule has 1 aromatic carbocycles. The summed E-state index contributed by atoms with van der Waals surface area (Å²) in [6, 6.07) is 5.88. The molecule has 1 atom stereocenters. The maximum atomic E-state index is 12.2. The number of nitrogens with zero attached hydrogens (tertiary/aromatic N) is 1. The smallest absolute Gasteiger partial charge is 0.236 e.